The van der Waals surface area contributed by atoms with Crippen molar-refractivity contribution in [2.45, 2.75) is 104 Å². The molecule has 206 valence electrons. The van der Waals surface area contributed by atoms with Crippen LogP contribution in [0.4, 0.5) is 16.3 Å². The van der Waals surface area contributed by atoms with Gasteiger partial charge in [0, 0.05) is 41.5 Å². The molecule has 1 aliphatic carbocycles. The molecule has 1 aromatic carbocycles. The van der Waals surface area contributed by atoms with Crippen molar-refractivity contribution < 1.29 is 9.53 Å². The number of fused-ring (bicyclic) bond motifs is 3. The van der Waals surface area contributed by atoms with Gasteiger partial charge >= 0.3 is 6.09 Å². The summed E-state index contributed by atoms with van der Waals surface area (Å²) < 4.78 is 5.81. The maximum Gasteiger partial charge on any atom is 0.410 e. The van der Waals surface area contributed by atoms with Gasteiger partial charge in [-0.2, -0.15) is 0 Å². The van der Waals surface area contributed by atoms with Gasteiger partial charge in [0.05, 0.1) is 0 Å². The number of benzene rings is 1. The maximum atomic E-state index is 13.3. The van der Waals surface area contributed by atoms with E-state index in [0.717, 1.165) is 51.1 Å². The molecule has 2 aromatic rings. The van der Waals surface area contributed by atoms with Gasteiger partial charge in [-0.15, -0.1) is 0 Å². The molecule has 1 saturated heterocycles. The van der Waals surface area contributed by atoms with Crippen molar-refractivity contribution in [1.29, 1.82) is 0 Å². The van der Waals surface area contributed by atoms with Gasteiger partial charge in [-0.1, -0.05) is 26.0 Å². The van der Waals surface area contributed by atoms with Gasteiger partial charge < -0.3 is 19.9 Å². The van der Waals surface area contributed by atoms with E-state index in [1.54, 1.807) is 6.33 Å². The molecule has 3 aliphatic rings. The quantitative estimate of drug-likeness (QED) is 0.516. The van der Waals surface area contributed by atoms with Crippen molar-refractivity contribution in [2.75, 3.05) is 24.5 Å². The number of aromatic nitrogens is 2. The first-order valence-corrected chi connectivity index (χ1v) is 14.4. The summed E-state index contributed by atoms with van der Waals surface area (Å²) in [6.45, 7) is 18.0. The number of hydrogen-bond donors (Lipinski definition) is 1. The van der Waals surface area contributed by atoms with Crippen molar-refractivity contribution in [3.63, 3.8) is 0 Å². The number of aryl methyl sites for hydroxylation is 1. The molecule has 5 rings (SSSR count). The lowest BCUT2D eigenvalue weighted by atomic mass is 9.73. The minimum atomic E-state index is -0.531. The van der Waals surface area contributed by atoms with Gasteiger partial charge in [0.15, 0.2) is 0 Å². The highest BCUT2D eigenvalue weighted by Crippen LogP contribution is 2.53. The van der Waals surface area contributed by atoms with Crippen LogP contribution in [0.5, 0.6) is 0 Å². The third-order valence-corrected chi connectivity index (χ3v) is 8.63. The van der Waals surface area contributed by atoms with Crippen LogP contribution >= 0.6 is 0 Å². The Labute approximate surface area is 228 Å². The first-order chi connectivity index (χ1) is 18.0. The zero-order chi connectivity index (χ0) is 27.2. The van der Waals surface area contributed by atoms with Gasteiger partial charge in [-0.3, -0.25) is 0 Å². The van der Waals surface area contributed by atoms with Crippen molar-refractivity contribution in [3.05, 3.63) is 46.9 Å². The SMILES string of the molecule is CC(C)C1CCc2ncnc(N3CC4(CCNCC4)c4c(CN(C(=O)OC(C)(C)C)C(C)C)cccc43)c21. The third kappa shape index (κ3) is 4.90. The van der Waals surface area contributed by atoms with Crippen molar-refractivity contribution in [3.8, 4) is 0 Å². The number of ether oxygens (including phenoxy) is 1. The Balaban J connectivity index is 1.60. The largest absolute Gasteiger partial charge is 0.444 e. The third-order valence-electron chi connectivity index (χ3n) is 8.63. The van der Waals surface area contributed by atoms with E-state index in [-0.39, 0.29) is 17.6 Å². The summed E-state index contributed by atoms with van der Waals surface area (Å²) in [5.41, 5.74) is 5.91. The van der Waals surface area contributed by atoms with Crippen LogP contribution in [-0.4, -0.2) is 52.2 Å². The second-order valence-electron chi connectivity index (χ2n) is 13.1. The minimum Gasteiger partial charge on any atom is -0.444 e. The number of nitrogens with one attached hydrogen (secondary N) is 1. The molecule has 1 spiro atoms. The average molecular weight is 520 g/mol. The van der Waals surface area contributed by atoms with Crippen LogP contribution in [-0.2, 0) is 23.1 Å². The summed E-state index contributed by atoms with van der Waals surface area (Å²) in [5, 5.41) is 3.58. The zero-order valence-corrected chi connectivity index (χ0v) is 24.3. The fourth-order valence-corrected chi connectivity index (χ4v) is 6.81. The van der Waals surface area contributed by atoms with E-state index in [2.05, 4.69) is 56.1 Å². The van der Waals surface area contributed by atoms with Gasteiger partial charge in [0.2, 0.25) is 0 Å². The maximum absolute atomic E-state index is 13.3. The first-order valence-electron chi connectivity index (χ1n) is 14.4. The number of hydrogen-bond acceptors (Lipinski definition) is 6. The molecule has 1 fully saturated rings. The standard InChI is InChI=1S/C31H45N5O2/c1-20(2)23-11-12-24-26(23)28(34-19-33-24)36-18-31(13-15-32-16-14-31)27-22(9-8-10-25(27)36)17-35(21(3)4)29(37)38-30(5,6)7/h8-10,19-21,23,32H,11-18H2,1-7H3. The van der Waals surface area contributed by atoms with Gasteiger partial charge in [-0.25, -0.2) is 14.8 Å². The van der Waals surface area contributed by atoms with Crippen molar-refractivity contribution in [2.24, 2.45) is 5.92 Å². The molecule has 1 aromatic heterocycles. The Hall–Kier alpha value is -2.67. The van der Waals surface area contributed by atoms with Crippen LogP contribution in [0.1, 0.15) is 96.0 Å². The Bertz CT molecular complexity index is 1180. The van der Waals surface area contributed by atoms with Crippen LogP contribution in [0.25, 0.3) is 0 Å². The van der Waals surface area contributed by atoms with Crippen LogP contribution in [0.3, 0.4) is 0 Å². The molecular weight excluding hydrogens is 474 g/mol. The fraction of sp³-hybridized carbons (Fsp3) is 0.645. The van der Waals surface area contributed by atoms with Gasteiger partial charge in [0.25, 0.3) is 0 Å². The molecule has 1 N–H and O–H groups in total. The van der Waals surface area contributed by atoms with Crippen molar-refractivity contribution in [1.82, 2.24) is 20.2 Å². The number of anilines is 2. The summed E-state index contributed by atoms with van der Waals surface area (Å²) in [6.07, 6.45) is 5.82. The number of carbonyl (C=O) groups is 1. The molecule has 0 bridgehead atoms. The molecule has 3 heterocycles. The summed E-state index contributed by atoms with van der Waals surface area (Å²) >= 11 is 0. The lowest BCUT2D eigenvalue weighted by Gasteiger charge is -2.37. The van der Waals surface area contributed by atoms with Crippen LogP contribution in [0.15, 0.2) is 24.5 Å². The zero-order valence-electron chi connectivity index (χ0n) is 24.3. The second kappa shape index (κ2) is 10.1. The molecule has 0 radical (unpaired) electrons. The highest BCUT2D eigenvalue weighted by Gasteiger charge is 2.47. The number of rotatable bonds is 5. The van der Waals surface area contributed by atoms with Gasteiger partial charge in [-0.05, 0) is 102 Å². The Morgan fingerprint density at radius 1 is 1.18 bits per heavy atom. The highest BCUT2D eigenvalue weighted by atomic mass is 16.6. The van der Waals surface area contributed by atoms with Gasteiger partial charge in [0.1, 0.15) is 17.7 Å². The van der Waals surface area contributed by atoms with E-state index in [1.165, 1.54) is 28.1 Å². The predicted molar refractivity (Wildman–Crippen MR) is 152 cm³/mol. The predicted octanol–water partition coefficient (Wildman–Crippen LogP) is 6.08. The molecule has 1 unspecified atom stereocenters. The Kier molecular flexibility index (Phi) is 7.18. The topological polar surface area (TPSA) is 70.6 Å². The summed E-state index contributed by atoms with van der Waals surface area (Å²) in [6, 6.07) is 6.65. The smallest absolute Gasteiger partial charge is 0.410 e. The van der Waals surface area contributed by atoms with Crippen LogP contribution in [0.2, 0.25) is 0 Å². The van der Waals surface area contributed by atoms with Crippen LogP contribution in [0, 0.1) is 5.92 Å². The number of carbonyl (C=O) groups excluding carboxylic acids is 1. The summed E-state index contributed by atoms with van der Waals surface area (Å²) in [5.74, 6) is 2.13. The van der Waals surface area contributed by atoms with E-state index in [4.69, 9.17) is 14.7 Å². The molecule has 2 aliphatic heterocycles. The molecular formula is C31H45N5O2. The molecule has 1 atom stereocenters. The van der Waals surface area contributed by atoms with E-state index in [1.807, 2.05) is 25.7 Å². The van der Waals surface area contributed by atoms with E-state index >= 15 is 0 Å². The minimum absolute atomic E-state index is 0.0253. The number of piperidine rings is 1. The second-order valence-corrected chi connectivity index (χ2v) is 13.1. The lowest BCUT2D eigenvalue weighted by Crippen LogP contribution is -2.44. The number of nitrogens with zero attached hydrogens (tertiary/aromatic N) is 4. The van der Waals surface area contributed by atoms with E-state index in [9.17, 15) is 4.79 Å². The molecule has 7 heteroatoms. The monoisotopic (exact) mass is 519 g/mol. The average Bonchev–Trinajstić information content (AvgIpc) is 3.42. The van der Waals surface area contributed by atoms with Crippen molar-refractivity contribution >= 4 is 17.6 Å². The number of amides is 1. The lowest BCUT2D eigenvalue weighted by molar-refractivity contribution is 0.0170. The summed E-state index contributed by atoms with van der Waals surface area (Å²) in [4.78, 5) is 27.3. The first kappa shape index (κ1) is 26.9. The normalized spacial score (nSPS) is 20.2. The highest BCUT2D eigenvalue weighted by molar-refractivity contribution is 5.76. The van der Waals surface area contributed by atoms with Crippen LogP contribution < -0.4 is 10.2 Å². The fourth-order valence-electron chi connectivity index (χ4n) is 6.81. The summed E-state index contributed by atoms with van der Waals surface area (Å²) in [7, 11) is 0. The Morgan fingerprint density at radius 2 is 1.92 bits per heavy atom. The molecule has 1 amide bonds. The van der Waals surface area contributed by atoms with E-state index < -0.39 is 5.60 Å². The molecule has 38 heavy (non-hydrogen) atoms. The van der Waals surface area contributed by atoms with E-state index in [0.29, 0.717) is 18.4 Å². The Morgan fingerprint density at radius 3 is 2.58 bits per heavy atom. The molecule has 0 saturated carbocycles. The molecule has 7 nitrogen and oxygen atoms in total.